The van der Waals surface area contributed by atoms with E-state index in [4.69, 9.17) is 5.26 Å². The number of nitrogens with zero attached hydrogens (tertiary/aromatic N) is 2. The first-order valence-corrected chi connectivity index (χ1v) is 9.28. The molecule has 25 heavy (non-hydrogen) atoms. The number of rotatable bonds is 6. The third kappa shape index (κ3) is 4.24. The fourth-order valence-corrected chi connectivity index (χ4v) is 3.88. The van der Waals surface area contributed by atoms with Gasteiger partial charge >= 0.3 is 0 Å². The van der Waals surface area contributed by atoms with Crippen molar-refractivity contribution in [3.05, 3.63) is 59.7 Å². The summed E-state index contributed by atoms with van der Waals surface area (Å²) in [6, 6.07) is 14.4. The van der Waals surface area contributed by atoms with Gasteiger partial charge in [0, 0.05) is 24.3 Å². The highest BCUT2D eigenvalue weighted by molar-refractivity contribution is 7.89. The Labute approximate surface area is 147 Å². The van der Waals surface area contributed by atoms with Crippen LogP contribution in [0.15, 0.2) is 53.4 Å². The van der Waals surface area contributed by atoms with Crippen LogP contribution in [-0.2, 0) is 10.0 Å². The summed E-state index contributed by atoms with van der Waals surface area (Å²) >= 11 is 0. The minimum absolute atomic E-state index is 0.0784. The number of nitriles is 1. The van der Waals surface area contributed by atoms with Crippen molar-refractivity contribution in [3.63, 3.8) is 0 Å². The first-order valence-electron chi connectivity index (χ1n) is 7.84. The lowest BCUT2D eigenvalue weighted by Gasteiger charge is -2.18. The second-order valence-electron chi connectivity index (χ2n) is 5.26. The van der Waals surface area contributed by atoms with Crippen LogP contribution in [-0.4, -0.2) is 31.7 Å². The molecule has 0 saturated heterocycles. The maximum Gasteiger partial charge on any atom is 0.255 e. The van der Waals surface area contributed by atoms with E-state index in [0.29, 0.717) is 24.3 Å². The number of amides is 1. The molecule has 1 amide bonds. The van der Waals surface area contributed by atoms with Crippen LogP contribution in [0.25, 0.3) is 0 Å². The standard InChI is InChI=1S/C18H19N3O3S/c1-3-21(4-2)25(23,24)17-10-6-8-15(12-17)18(22)20-16-9-5-7-14(11-16)13-19/h5-12H,3-4H2,1-2H3,(H,20,22). The van der Waals surface area contributed by atoms with E-state index in [0.717, 1.165) is 0 Å². The lowest BCUT2D eigenvalue weighted by molar-refractivity contribution is 0.102. The number of nitrogens with one attached hydrogen (secondary N) is 1. The molecule has 2 rings (SSSR count). The third-order valence-electron chi connectivity index (χ3n) is 3.69. The van der Waals surface area contributed by atoms with Crippen LogP contribution in [0.2, 0.25) is 0 Å². The summed E-state index contributed by atoms with van der Waals surface area (Å²) in [6.45, 7) is 4.24. The molecule has 0 aliphatic heterocycles. The molecule has 7 heteroatoms. The highest BCUT2D eigenvalue weighted by atomic mass is 32.2. The molecule has 0 aliphatic rings. The zero-order valence-corrected chi connectivity index (χ0v) is 14.9. The number of sulfonamides is 1. The average molecular weight is 357 g/mol. The van der Waals surface area contributed by atoms with Crippen LogP contribution in [0.5, 0.6) is 0 Å². The zero-order valence-electron chi connectivity index (χ0n) is 14.1. The first-order chi connectivity index (χ1) is 11.9. The summed E-state index contributed by atoms with van der Waals surface area (Å²) in [7, 11) is -3.63. The summed E-state index contributed by atoms with van der Waals surface area (Å²) in [5.41, 5.74) is 1.13. The quantitative estimate of drug-likeness (QED) is 0.861. The molecule has 0 radical (unpaired) electrons. The van der Waals surface area contributed by atoms with Crippen LogP contribution in [0, 0.1) is 11.3 Å². The van der Waals surface area contributed by atoms with E-state index in [-0.39, 0.29) is 10.5 Å². The largest absolute Gasteiger partial charge is 0.322 e. The molecule has 2 aromatic rings. The summed E-state index contributed by atoms with van der Waals surface area (Å²) < 4.78 is 26.5. The maximum atomic E-state index is 12.6. The summed E-state index contributed by atoms with van der Waals surface area (Å²) in [4.78, 5) is 12.5. The lowest BCUT2D eigenvalue weighted by atomic mass is 10.2. The van der Waals surface area contributed by atoms with Crippen LogP contribution in [0.4, 0.5) is 5.69 Å². The van der Waals surface area contributed by atoms with Crippen molar-refractivity contribution in [2.45, 2.75) is 18.7 Å². The van der Waals surface area contributed by atoms with Gasteiger partial charge in [0.05, 0.1) is 16.5 Å². The molecular weight excluding hydrogens is 338 g/mol. The second-order valence-corrected chi connectivity index (χ2v) is 7.20. The number of carbonyl (C=O) groups excluding carboxylic acids is 1. The fourth-order valence-electron chi connectivity index (χ4n) is 2.38. The van der Waals surface area contributed by atoms with E-state index >= 15 is 0 Å². The Bertz CT molecular complexity index is 913. The Kier molecular flexibility index (Phi) is 5.91. The van der Waals surface area contributed by atoms with Gasteiger partial charge in [-0.3, -0.25) is 4.79 Å². The van der Waals surface area contributed by atoms with Crippen molar-refractivity contribution in [1.82, 2.24) is 4.31 Å². The zero-order chi connectivity index (χ0) is 18.4. The molecule has 0 spiro atoms. The minimum Gasteiger partial charge on any atom is -0.322 e. The van der Waals surface area contributed by atoms with Gasteiger partial charge in [0.15, 0.2) is 0 Å². The van der Waals surface area contributed by atoms with Gasteiger partial charge in [-0.1, -0.05) is 26.0 Å². The van der Waals surface area contributed by atoms with E-state index in [9.17, 15) is 13.2 Å². The predicted molar refractivity (Wildman–Crippen MR) is 95.7 cm³/mol. The lowest BCUT2D eigenvalue weighted by Crippen LogP contribution is -2.30. The molecule has 0 fully saturated rings. The van der Waals surface area contributed by atoms with Crippen LogP contribution in [0.1, 0.15) is 29.8 Å². The Morgan fingerprint density at radius 3 is 2.44 bits per heavy atom. The minimum atomic E-state index is -3.63. The van der Waals surface area contributed by atoms with Crippen molar-refractivity contribution in [1.29, 1.82) is 5.26 Å². The smallest absolute Gasteiger partial charge is 0.255 e. The Morgan fingerprint density at radius 1 is 1.12 bits per heavy atom. The van der Waals surface area contributed by atoms with Gasteiger partial charge in [-0.25, -0.2) is 8.42 Å². The van der Waals surface area contributed by atoms with Crippen LogP contribution < -0.4 is 5.32 Å². The highest BCUT2D eigenvalue weighted by Gasteiger charge is 2.22. The van der Waals surface area contributed by atoms with Gasteiger partial charge in [-0.2, -0.15) is 9.57 Å². The molecule has 0 saturated carbocycles. The summed E-state index contributed by atoms with van der Waals surface area (Å²) in [6.07, 6.45) is 0. The molecule has 0 aliphatic carbocycles. The monoisotopic (exact) mass is 357 g/mol. The van der Waals surface area contributed by atoms with Gasteiger partial charge in [0.25, 0.3) is 5.91 Å². The van der Waals surface area contributed by atoms with Gasteiger partial charge in [-0.05, 0) is 36.4 Å². The maximum absolute atomic E-state index is 12.6. The molecule has 0 bridgehead atoms. The Hall–Kier alpha value is -2.69. The van der Waals surface area contributed by atoms with E-state index in [1.165, 1.54) is 22.5 Å². The van der Waals surface area contributed by atoms with E-state index in [1.807, 2.05) is 6.07 Å². The second kappa shape index (κ2) is 7.92. The van der Waals surface area contributed by atoms with Crippen LogP contribution in [0.3, 0.4) is 0 Å². The van der Waals surface area contributed by atoms with Crippen molar-refractivity contribution >= 4 is 21.6 Å². The van der Waals surface area contributed by atoms with E-state index in [2.05, 4.69) is 5.32 Å². The molecule has 1 N–H and O–H groups in total. The average Bonchev–Trinajstić information content (AvgIpc) is 2.62. The highest BCUT2D eigenvalue weighted by Crippen LogP contribution is 2.18. The first kappa shape index (κ1) is 18.6. The molecule has 0 aromatic heterocycles. The number of hydrogen-bond donors (Lipinski definition) is 1. The van der Waals surface area contributed by atoms with E-state index < -0.39 is 15.9 Å². The molecule has 6 nitrogen and oxygen atoms in total. The summed E-state index contributed by atoms with van der Waals surface area (Å²) in [5.74, 6) is -0.438. The van der Waals surface area contributed by atoms with Crippen LogP contribution >= 0.6 is 0 Å². The SMILES string of the molecule is CCN(CC)S(=O)(=O)c1cccc(C(=O)Nc2cccc(C#N)c2)c1. The summed E-state index contributed by atoms with van der Waals surface area (Å²) in [5, 5.41) is 11.6. The molecule has 2 aromatic carbocycles. The predicted octanol–water partition coefficient (Wildman–Crippen LogP) is 2.84. The molecular formula is C18H19N3O3S. The molecule has 0 heterocycles. The van der Waals surface area contributed by atoms with Gasteiger partial charge < -0.3 is 5.32 Å². The number of carbonyl (C=O) groups is 1. The number of anilines is 1. The van der Waals surface area contributed by atoms with Gasteiger partial charge in [0.1, 0.15) is 0 Å². The Morgan fingerprint density at radius 2 is 1.80 bits per heavy atom. The molecule has 130 valence electrons. The van der Waals surface area contributed by atoms with Crippen molar-refractivity contribution in [2.75, 3.05) is 18.4 Å². The molecule has 0 atom stereocenters. The van der Waals surface area contributed by atoms with Gasteiger partial charge in [-0.15, -0.1) is 0 Å². The fraction of sp³-hybridized carbons (Fsp3) is 0.222. The Balaban J connectivity index is 2.29. The number of benzene rings is 2. The topological polar surface area (TPSA) is 90.3 Å². The molecule has 0 unspecified atom stereocenters. The van der Waals surface area contributed by atoms with Crippen molar-refractivity contribution < 1.29 is 13.2 Å². The van der Waals surface area contributed by atoms with Crippen molar-refractivity contribution in [3.8, 4) is 6.07 Å². The van der Waals surface area contributed by atoms with Gasteiger partial charge in [0.2, 0.25) is 10.0 Å². The van der Waals surface area contributed by atoms with E-state index in [1.54, 1.807) is 44.2 Å². The third-order valence-corrected chi connectivity index (χ3v) is 5.73. The van der Waals surface area contributed by atoms with Crippen molar-refractivity contribution in [2.24, 2.45) is 0 Å². The normalized spacial score (nSPS) is 11.1. The number of hydrogen-bond acceptors (Lipinski definition) is 4.